The molecule has 0 N–H and O–H groups in total. The Morgan fingerprint density at radius 3 is 3.00 bits per heavy atom. The summed E-state index contributed by atoms with van der Waals surface area (Å²) in [6.45, 7) is 0. The van der Waals surface area contributed by atoms with Gasteiger partial charge in [-0.1, -0.05) is 28.7 Å². The number of hydrogen-bond donors (Lipinski definition) is 0. The molecule has 0 aromatic carbocycles. The largest absolute Gasteiger partial charge is 0.254 e. The summed E-state index contributed by atoms with van der Waals surface area (Å²) in [5.41, 5.74) is 0. The first kappa shape index (κ1) is 6.74. The molecule has 3 heteroatoms. The van der Waals surface area contributed by atoms with Gasteiger partial charge in [0.15, 0.2) is 0 Å². The van der Waals surface area contributed by atoms with Crippen molar-refractivity contribution in [2.24, 2.45) is 4.99 Å². The van der Waals surface area contributed by atoms with Gasteiger partial charge in [0, 0.05) is 16.5 Å². The summed E-state index contributed by atoms with van der Waals surface area (Å²) in [5.74, 6) is 0. The molecule has 1 heterocycles. The van der Waals surface area contributed by atoms with Crippen molar-refractivity contribution in [1.29, 1.82) is 0 Å². The van der Waals surface area contributed by atoms with Gasteiger partial charge in [0.1, 0.15) is 0 Å². The summed E-state index contributed by atoms with van der Waals surface area (Å²) in [5, 5.41) is 0. The van der Waals surface area contributed by atoms with E-state index in [0.29, 0.717) is 3.92 Å². The maximum atomic E-state index is 4.03. The summed E-state index contributed by atoms with van der Waals surface area (Å²) in [7, 11) is 0. The van der Waals surface area contributed by atoms with E-state index in [0.717, 1.165) is 11.0 Å². The van der Waals surface area contributed by atoms with Crippen LogP contribution in [0.15, 0.2) is 17.3 Å². The molecule has 1 aliphatic rings. The van der Waals surface area contributed by atoms with Gasteiger partial charge in [-0.15, -0.1) is 0 Å². The van der Waals surface area contributed by atoms with Crippen molar-refractivity contribution in [2.45, 2.75) is 10.3 Å². The normalized spacial score (nSPS) is 27.8. The van der Waals surface area contributed by atoms with Gasteiger partial charge in [-0.05, 0) is 15.9 Å². The Labute approximate surface area is 70.5 Å². The van der Waals surface area contributed by atoms with Crippen LogP contribution in [0.3, 0.4) is 0 Å². The molecule has 1 atom stereocenters. The third-order valence-electron chi connectivity index (χ3n) is 0.873. The predicted octanol–water partition coefficient (Wildman–Crippen LogP) is 2.50. The maximum absolute atomic E-state index is 4.03. The van der Waals surface area contributed by atoms with Crippen LogP contribution in [-0.2, 0) is 0 Å². The lowest BCUT2D eigenvalue weighted by Crippen LogP contribution is -2.01. The number of nitrogens with zero attached hydrogens (tertiary/aromatic N) is 1. The Morgan fingerprint density at radius 1 is 1.88 bits per heavy atom. The molecule has 0 aromatic rings. The maximum Gasteiger partial charge on any atom is 0.0842 e. The molecular weight excluding hydrogens is 281 g/mol. The SMILES string of the molecule is BrC1=NC=CC(I)C1. The van der Waals surface area contributed by atoms with Crippen molar-refractivity contribution in [3.05, 3.63) is 12.3 Å². The zero-order chi connectivity index (χ0) is 5.98. The van der Waals surface area contributed by atoms with E-state index >= 15 is 0 Å². The summed E-state index contributed by atoms with van der Waals surface area (Å²) >= 11 is 5.70. The van der Waals surface area contributed by atoms with Crippen molar-refractivity contribution in [2.75, 3.05) is 0 Å². The van der Waals surface area contributed by atoms with Gasteiger partial charge in [0.05, 0.1) is 4.62 Å². The molecule has 44 valence electrons. The first-order chi connectivity index (χ1) is 3.79. The smallest absolute Gasteiger partial charge is 0.0842 e. The molecule has 0 radical (unpaired) electrons. The topological polar surface area (TPSA) is 12.4 Å². The number of aliphatic imine (C=N–C) groups is 1. The Balaban J connectivity index is 2.59. The number of hydrogen-bond acceptors (Lipinski definition) is 1. The molecule has 8 heavy (non-hydrogen) atoms. The van der Waals surface area contributed by atoms with Crippen LogP contribution in [0.4, 0.5) is 0 Å². The highest BCUT2D eigenvalue weighted by molar-refractivity contribution is 14.1. The van der Waals surface area contributed by atoms with E-state index in [-0.39, 0.29) is 0 Å². The average Bonchev–Trinajstić information content (AvgIpc) is 1.64. The second kappa shape index (κ2) is 2.96. The highest BCUT2D eigenvalue weighted by atomic mass is 127. The van der Waals surface area contributed by atoms with Crippen LogP contribution in [-0.4, -0.2) is 8.55 Å². The van der Waals surface area contributed by atoms with Crippen LogP contribution in [0.25, 0.3) is 0 Å². The fourth-order valence-electron chi connectivity index (χ4n) is 0.499. The molecular formula is C5H5BrIN. The van der Waals surface area contributed by atoms with Crippen molar-refractivity contribution in [1.82, 2.24) is 0 Å². The zero-order valence-electron chi connectivity index (χ0n) is 4.14. The van der Waals surface area contributed by atoms with E-state index in [1.54, 1.807) is 0 Å². The monoisotopic (exact) mass is 285 g/mol. The molecule has 1 rings (SSSR count). The van der Waals surface area contributed by atoms with Crippen LogP contribution < -0.4 is 0 Å². The Kier molecular flexibility index (Phi) is 2.49. The Bertz CT molecular complexity index is 141. The van der Waals surface area contributed by atoms with Gasteiger partial charge in [0.2, 0.25) is 0 Å². The molecule has 0 amide bonds. The van der Waals surface area contributed by atoms with Gasteiger partial charge in [-0.3, -0.25) is 4.99 Å². The fourth-order valence-corrected chi connectivity index (χ4v) is 2.17. The zero-order valence-corrected chi connectivity index (χ0v) is 7.89. The lowest BCUT2D eigenvalue weighted by atomic mass is 10.3. The van der Waals surface area contributed by atoms with Gasteiger partial charge >= 0.3 is 0 Å². The second-order valence-corrected chi connectivity index (χ2v) is 4.08. The summed E-state index contributed by atoms with van der Waals surface area (Å²) in [6, 6.07) is 0. The van der Waals surface area contributed by atoms with E-state index in [4.69, 9.17) is 0 Å². The number of rotatable bonds is 0. The molecule has 0 saturated heterocycles. The van der Waals surface area contributed by atoms with E-state index in [1.807, 2.05) is 6.20 Å². The molecule has 0 saturated carbocycles. The standard InChI is InChI=1S/C5H5BrIN/c6-5-3-4(7)1-2-8-5/h1-2,4H,3H2. The van der Waals surface area contributed by atoms with E-state index < -0.39 is 0 Å². The molecule has 0 aromatic heterocycles. The van der Waals surface area contributed by atoms with Crippen molar-refractivity contribution >= 4 is 43.1 Å². The fraction of sp³-hybridized carbons (Fsp3) is 0.400. The van der Waals surface area contributed by atoms with Crippen LogP contribution in [0.5, 0.6) is 0 Å². The highest BCUT2D eigenvalue weighted by Gasteiger charge is 2.04. The van der Waals surface area contributed by atoms with E-state index in [9.17, 15) is 0 Å². The molecule has 1 aliphatic heterocycles. The van der Waals surface area contributed by atoms with Gasteiger partial charge < -0.3 is 0 Å². The molecule has 0 spiro atoms. The van der Waals surface area contributed by atoms with Gasteiger partial charge in [-0.25, -0.2) is 0 Å². The highest BCUT2D eigenvalue weighted by Crippen LogP contribution is 2.15. The van der Waals surface area contributed by atoms with Crippen LogP contribution in [0.1, 0.15) is 6.42 Å². The molecule has 0 fully saturated rings. The summed E-state index contributed by atoms with van der Waals surface area (Å²) in [4.78, 5) is 4.03. The Hall–Kier alpha value is 0.620. The van der Waals surface area contributed by atoms with Gasteiger partial charge in [0.25, 0.3) is 0 Å². The third-order valence-corrected chi connectivity index (χ3v) is 2.26. The molecule has 0 bridgehead atoms. The van der Waals surface area contributed by atoms with Crippen molar-refractivity contribution < 1.29 is 0 Å². The first-order valence-electron chi connectivity index (χ1n) is 2.32. The lowest BCUT2D eigenvalue weighted by Gasteiger charge is -2.04. The minimum Gasteiger partial charge on any atom is -0.254 e. The van der Waals surface area contributed by atoms with E-state index in [1.165, 1.54) is 0 Å². The van der Waals surface area contributed by atoms with Gasteiger partial charge in [-0.2, -0.15) is 0 Å². The van der Waals surface area contributed by atoms with Crippen LogP contribution in [0, 0.1) is 0 Å². The van der Waals surface area contributed by atoms with Crippen molar-refractivity contribution in [3.8, 4) is 0 Å². The quantitative estimate of drug-likeness (QED) is 0.479. The minimum absolute atomic E-state index is 0.625. The lowest BCUT2D eigenvalue weighted by molar-refractivity contribution is 1.14. The molecule has 1 nitrogen and oxygen atoms in total. The predicted molar refractivity (Wildman–Crippen MR) is 47.9 cm³/mol. The third kappa shape index (κ3) is 1.85. The number of allylic oxidation sites excluding steroid dienone is 1. The average molecular weight is 286 g/mol. The molecule has 1 unspecified atom stereocenters. The first-order valence-corrected chi connectivity index (χ1v) is 4.36. The Morgan fingerprint density at radius 2 is 2.62 bits per heavy atom. The van der Waals surface area contributed by atoms with E-state index in [2.05, 4.69) is 49.6 Å². The van der Waals surface area contributed by atoms with Crippen LogP contribution >= 0.6 is 38.5 Å². The summed E-state index contributed by atoms with van der Waals surface area (Å²) in [6.07, 6.45) is 4.97. The molecule has 0 aliphatic carbocycles. The van der Waals surface area contributed by atoms with Crippen LogP contribution in [0.2, 0.25) is 0 Å². The number of alkyl halides is 1. The van der Waals surface area contributed by atoms with Crippen molar-refractivity contribution in [3.63, 3.8) is 0 Å². The number of halogens is 2. The summed E-state index contributed by atoms with van der Waals surface area (Å²) < 4.78 is 1.68. The minimum atomic E-state index is 0.625. The second-order valence-electron chi connectivity index (χ2n) is 1.57.